The van der Waals surface area contributed by atoms with E-state index in [2.05, 4.69) is 84.4 Å². The van der Waals surface area contributed by atoms with Crippen molar-refractivity contribution in [3.8, 4) is 0 Å². The summed E-state index contributed by atoms with van der Waals surface area (Å²) in [5.74, 6) is -16.2. The molecule has 0 unspecified atom stereocenters. The molecule has 110 heavy (non-hydrogen) atoms. The Morgan fingerprint density at radius 2 is 0.809 bits per heavy atom. The number of aromatic amines is 1. The van der Waals surface area contributed by atoms with Crippen LogP contribution in [0.25, 0.3) is 10.9 Å². The van der Waals surface area contributed by atoms with E-state index in [1.165, 1.54) is 13.8 Å². The predicted molar refractivity (Wildman–Crippen MR) is 397 cm³/mol. The number of carbonyl (C=O) groups is 16. The van der Waals surface area contributed by atoms with Gasteiger partial charge in [-0.25, -0.2) is 0 Å². The molecule has 2 aromatic carbocycles. The zero-order valence-electron chi connectivity index (χ0n) is 62.5. The number of aliphatic hydroxyl groups excluding tert-OH is 3. The SMILES string of the molecule is CC(=O)O.CC(C)C[C@H](NC(=O)CNC(=O)[C@H](C)NC(=O)CNC(=O)[C@H](CCCCN)NC(=O)CN)C(=O)N[C@@H](CO)C(=O)N[C@@H](CC(C)C)C(=O)N[C@@H](CO)C(=O)N[C@@H](CCCN=C(N)N)C(=O)N[C@@H](Cc1ccccc1)C(=O)N[C@@H](CO)C(=O)N[C@@H](Cc1c[nH]c2ccccc12)C(=O)NCC(=O)N[C@@H](C)C(=O)O. The number of carbonyl (C=O) groups excluding carboxylic acids is 14. The normalized spacial score (nSPS) is 13.9. The largest absolute Gasteiger partial charge is 0.481 e. The second-order valence-corrected chi connectivity index (χ2v) is 26.3. The van der Waals surface area contributed by atoms with E-state index >= 15 is 0 Å². The number of hydrogen-bond acceptors (Lipinski definition) is 22. The first-order chi connectivity index (χ1) is 52.0. The van der Waals surface area contributed by atoms with Gasteiger partial charge in [0.05, 0.1) is 46.0 Å². The molecule has 0 saturated heterocycles. The van der Waals surface area contributed by atoms with Crippen molar-refractivity contribution in [1.29, 1.82) is 0 Å². The van der Waals surface area contributed by atoms with Gasteiger partial charge in [0.25, 0.3) is 5.97 Å². The number of rotatable bonds is 48. The third kappa shape index (κ3) is 36.4. The Labute approximate surface area is 634 Å². The van der Waals surface area contributed by atoms with Crippen LogP contribution in [0.15, 0.2) is 65.8 Å². The van der Waals surface area contributed by atoms with E-state index in [0.717, 1.165) is 6.92 Å². The maximum absolute atomic E-state index is 14.5. The average molecular weight is 1550 g/mol. The van der Waals surface area contributed by atoms with Crippen molar-refractivity contribution in [3.63, 3.8) is 0 Å². The lowest BCUT2D eigenvalue weighted by Crippen LogP contribution is -2.61. The first-order valence-corrected chi connectivity index (χ1v) is 35.4. The summed E-state index contributed by atoms with van der Waals surface area (Å²) in [4.78, 5) is 216. The first-order valence-electron chi connectivity index (χ1n) is 35.4. The molecule has 41 nitrogen and oxygen atoms in total. The molecular formula is C69H108N20O21. The summed E-state index contributed by atoms with van der Waals surface area (Å²) in [6, 6.07) is -1.41. The number of unbranched alkanes of at least 4 members (excludes halogenated alkanes) is 1. The van der Waals surface area contributed by atoms with Gasteiger partial charge in [-0.15, -0.1) is 0 Å². The lowest BCUT2D eigenvalue weighted by molar-refractivity contribution is -0.141. The van der Waals surface area contributed by atoms with E-state index in [9.17, 15) is 92.3 Å². The van der Waals surface area contributed by atoms with E-state index in [-0.39, 0.29) is 75.8 Å². The Hall–Kier alpha value is -11.4. The van der Waals surface area contributed by atoms with Gasteiger partial charge in [-0.05, 0) is 94.4 Å². The molecule has 28 N–H and O–H groups in total. The van der Waals surface area contributed by atoms with Crippen LogP contribution in [0, 0.1) is 11.8 Å². The molecule has 0 bridgehead atoms. The number of nitrogens with one attached hydrogen (secondary N) is 15. The summed E-state index contributed by atoms with van der Waals surface area (Å²) in [5.41, 5.74) is 23.6. The van der Waals surface area contributed by atoms with Crippen molar-refractivity contribution in [2.45, 2.75) is 173 Å². The fourth-order valence-corrected chi connectivity index (χ4v) is 10.3. The van der Waals surface area contributed by atoms with Gasteiger partial charge in [-0.3, -0.25) is 81.7 Å². The Morgan fingerprint density at radius 1 is 0.427 bits per heavy atom. The number of nitrogens with two attached hydrogens (primary N) is 4. The molecule has 14 amide bonds. The fraction of sp³-hybridized carbons (Fsp3) is 0.551. The number of nitrogens with zero attached hydrogens (tertiary/aromatic N) is 1. The number of guanidine groups is 1. The molecule has 41 heteroatoms. The summed E-state index contributed by atoms with van der Waals surface area (Å²) in [7, 11) is 0. The van der Waals surface area contributed by atoms with E-state index in [1.807, 2.05) is 0 Å². The highest BCUT2D eigenvalue weighted by molar-refractivity contribution is 6.00. The zero-order valence-corrected chi connectivity index (χ0v) is 62.5. The van der Waals surface area contributed by atoms with Crippen molar-refractivity contribution in [2.75, 3.05) is 59.1 Å². The number of hydrogen-bond donors (Lipinski definition) is 24. The highest BCUT2D eigenvalue weighted by atomic mass is 16.4. The summed E-state index contributed by atoms with van der Waals surface area (Å²) in [6.45, 7) is 5.02. The molecular weight excluding hydrogens is 1440 g/mol. The lowest BCUT2D eigenvalue weighted by Gasteiger charge is -2.28. The third-order valence-electron chi connectivity index (χ3n) is 15.9. The van der Waals surface area contributed by atoms with Gasteiger partial charge in [0.1, 0.15) is 66.5 Å². The maximum Gasteiger partial charge on any atom is 0.325 e. The Kier molecular flexibility index (Phi) is 43.2. The summed E-state index contributed by atoms with van der Waals surface area (Å²) < 4.78 is 0. The standard InChI is InChI=1S/C67H104N20O19.C2H4O2/c1-35(2)23-45(80-55(94)31-74-56(95)37(5)77-53(92)29-75-57(96)43(19-12-13-21-68)79-52(91)27-69)60(99)85-50(33-89)64(103)82-46(24-36(3)4)61(100)86-49(32-88)63(102)81-44(20-14-22-72-67(70)71)59(98)83-47(25-39-15-8-7-9-16-39)62(101)87-51(34-90)65(104)84-48(26-40-28-73-42-18-11-10-17-41(40)42)58(97)76-30-54(93)78-38(6)66(105)106;1-2(3)4/h7-11,15-18,28,35-38,43-51,73,88-90H,12-14,19-27,29-34,68-69H2,1-6H3,(H,74,95)(H,75,96)(H,76,97)(H,77,92)(H,78,93)(H,79,91)(H,80,94)(H,81,102)(H,82,103)(H,83,98)(H,84,104)(H,85,99)(H,86,100)(H,87,101)(H,105,106)(H4,70,71,72);1H3,(H,3,4)/t37-,38-,43-,44-,45-,46-,47-,48-,49-,50-,51-;/m0./s1. The van der Waals surface area contributed by atoms with E-state index in [0.29, 0.717) is 41.4 Å². The molecule has 610 valence electrons. The number of H-pyrrole nitrogens is 1. The van der Waals surface area contributed by atoms with Crippen molar-refractivity contribution < 1.29 is 102 Å². The number of carboxylic acid groups (broad SMARTS) is 2. The van der Waals surface area contributed by atoms with Gasteiger partial charge in [0.2, 0.25) is 82.7 Å². The second kappa shape index (κ2) is 50.2. The fourth-order valence-electron chi connectivity index (χ4n) is 10.3. The molecule has 0 radical (unpaired) electrons. The van der Waals surface area contributed by atoms with Gasteiger partial charge in [-0.1, -0.05) is 76.2 Å². The van der Waals surface area contributed by atoms with Crippen LogP contribution in [-0.4, -0.2) is 257 Å². The number of fused-ring (bicyclic) bond motifs is 1. The molecule has 0 spiro atoms. The molecule has 0 saturated carbocycles. The Balaban J connectivity index is 0.0000100. The first kappa shape index (κ1) is 94.6. The quantitative estimate of drug-likeness (QED) is 0.0142. The number of aliphatic carboxylic acids is 2. The van der Waals surface area contributed by atoms with E-state index in [4.69, 9.17) is 32.8 Å². The zero-order chi connectivity index (χ0) is 82.7. The predicted octanol–water partition coefficient (Wildman–Crippen LogP) is -7.94. The molecule has 3 rings (SSSR count). The number of benzene rings is 2. The van der Waals surface area contributed by atoms with E-state index < -0.39 is 201 Å². The molecule has 1 aromatic heterocycles. The van der Waals surface area contributed by atoms with Crippen LogP contribution in [0.4, 0.5) is 0 Å². The smallest absolute Gasteiger partial charge is 0.325 e. The van der Waals surface area contributed by atoms with E-state index in [1.54, 1.807) is 88.5 Å². The third-order valence-corrected chi connectivity index (χ3v) is 15.9. The lowest BCUT2D eigenvalue weighted by atomic mass is 10.0. The highest BCUT2D eigenvalue weighted by Gasteiger charge is 2.36. The minimum atomic E-state index is -1.85. The van der Waals surface area contributed by atoms with Crippen LogP contribution in [-0.2, 0) is 89.6 Å². The number of carboxylic acids is 2. The van der Waals surface area contributed by atoms with Crippen LogP contribution in [0.3, 0.4) is 0 Å². The van der Waals surface area contributed by atoms with Crippen LogP contribution in [0.1, 0.15) is 105 Å². The van der Waals surface area contributed by atoms with Gasteiger partial charge in [0.15, 0.2) is 5.96 Å². The number of aliphatic imine (C=N–C) groups is 1. The summed E-state index contributed by atoms with van der Waals surface area (Å²) >= 11 is 0. The van der Waals surface area contributed by atoms with Gasteiger partial charge >= 0.3 is 5.97 Å². The monoisotopic (exact) mass is 1550 g/mol. The average Bonchev–Trinajstić information content (AvgIpc) is 1.64. The molecule has 0 aliphatic rings. The number of aromatic nitrogens is 1. The minimum Gasteiger partial charge on any atom is -0.481 e. The molecule has 0 aliphatic heterocycles. The second-order valence-electron chi connectivity index (χ2n) is 26.3. The van der Waals surface area contributed by atoms with Crippen LogP contribution in [0.2, 0.25) is 0 Å². The molecule has 3 aromatic rings. The van der Waals surface area contributed by atoms with Crippen molar-refractivity contribution in [2.24, 2.45) is 39.8 Å². The Morgan fingerprint density at radius 3 is 1.29 bits per heavy atom. The number of para-hydroxylation sites is 1. The highest BCUT2D eigenvalue weighted by Crippen LogP contribution is 2.20. The number of aliphatic hydroxyl groups is 3. The van der Waals surface area contributed by atoms with Crippen LogP contribution >= 0.6 is 0 Å². The van der Waals surface area contributed by atoms with Crippen molar-refractivity contribution >= 4 is 112 Å². The molecule has 1 heterocycles. The minimum absolute atomic E-state index is 0.00461. The van der Waals surface area contributed by atoms with Gasteiger partial charge in [-0.2, -0.15) is 0 Å². The maximum atomic E-state index is 14.5. The van der Waals surface area contributed by atoms with Crippen molar-refractivity contribution in [1.82, 2.24) is 79.4 Å². The molecule has 11 atom stereocenters. The van der Waals surface area contributed by atoms with Gasteiger partial charge in [0, 0.05) is 43.4 Å². The molecule has 0 fully saturated rings. The van der Waals surface area contributed by atoms with Crippen molar-refractivity contribution in [3.05, 3.63) is 71.9 Å². The Bertz CT molecular complexity index is 3610. The molecule has 0 aliphatic carbocycles. The summed E-state index contributed by atoms with van der Waals surface area (Å²) in [6.07, 6.45) is 1.96. The van der Waals surface area contributed by atoms with Crippen LogP contribution < -0.4 is 97.4 Å². The van der Waals surface area contributed by atoms with Crippen LogP contribution in [0.5, 0.6) is 0 Å². The number of amides is 14. The van der Waals surface area contributed by atoms with Gasteiger partial charge < -0.3 is 128 Å². The summed E-state index contributed by atoms with van der Waals surface area (Å²) in [5, 5.41) is 82.6. The topological polar surface area (TPSA) is 675 Å².